The molecule has 2 N–H and O–H groups in total. The van der Waals surface area contributed by atoms with Crippen LogP contribution in [0.5, 0.6) is 17.2 Å². The fraction of sp³-hybridized carbons (Fsp3) is 0.188. The topological polar surface area (TPSA) is 67.8 Å². The molecule has 0 atom stereocenters. The number of hydrogen-bond donors (Lipinski definition) is 2. The summed E-state index contributed by atoms with van der Waals surface area (Å²) < 4.78 is 10.9. The highest BCUT2D eigenvalue weighted by Gasteiger charge is 2.21. The Morgan fingerprint density at radius 2 is 1.79 bits per heavy atom. The van der Waals surface area contributed by atoms with Crippen LogP contribution in [-0.2, 0) is 6.54 Å². The van der Waals surface area contributed by atoms with Crippen LogP contribution in [0.3, 0.4) is 0 Å². The van der Waals surface area contributed by atoms with Gasteiger partial charge in [-0.3, -0.25) is 4.79 Å². The van der Waals surface area contributed by atoms with Gasteiger partial charge in [-0.25, -0.2) is 0 Å². The summed E-state index contributed by atoms with van der Waals surface area (Å²) in [5.41, 5.74) is 0.642. The lowest BCUT2D eigenvalue weighted by atomic mass is 10.1. The number of rotatable bonds is 3. The lowest BCUT2D eigenvalue weighted by Crippen LogP contribution is -2.23. The first-order valence-electron chi connectivity index (χ1n) is 7.00. The van der Waals surface area contributed by atoms with Crippen LogP contribution in [0.4, 0.5) is 0 Å². The van der Waals surface area contributed by atoms with Gasteiger partial charge in [-0.15, -0.1) is 0 Å². The average Bonchev–Trinajstić information content (AvgIpc) is 2.58. The Morgan fingerprint density at radius 3 is 2.54 bits per heavy atom. The number of halogens is 3. The summed E-state index contributed by atoms with van der Waals surface area (Å²) >= 11 is 17.7. The molecule has 0 fully saturated rings. The van der Waals surface area contributed by atoms with Crippen molar-refractivity contribution in [1.29, 1.82) is 0 Å². The molecule has 3 rings (SSSR count). The molecule has 0 radical (unpaired) electrons. The van der Waals surface area contributed by atoms with E-state index in [2.05, 4.69) is 5.32 Å². The van der Waals surface area contributed by atoms with Gasteiger partial charge in [0.25, 0.3) is 5.91 Å². The lowest BCUT2D eigenvalue weighted by molar-refractivity contribution is 0.0948. The molecule has 0 aromatic heterocycles. The summed E-state index contributed by atoms with van der Waals surface area (Å²) in [6.07, 6.45) is 0. The molecule has 2 aromatic carbocycles. The molecule has 24 heavy (non-hydrogen) atoms. The maximum atomic E-state index is 12.3. The highest BCUT2D eigenvalue weighted by Crippen LogP contribution is 2.38. The van der Waals surface area contributed by atoms with Crippen LogP contribution in [-0.4, -0.2) is 24.2 Å². The van der Waals surface area contributed by atoms with Crippen LogP contribution in [0.1, 0.15) is 15.9 Å². The molecule has 1 aliphatic heterocycles. The summed E-state index contributed by atoms with van der Waals surface area (Å²) in [6, 6.07) is 6.64. The molecular formula is C16H12Cl3NO4. The first-order valence-corrected chi connectivity index (χ1v) is 8.14. The van der Waals surface area contributed by atoms with E-state index in [1.165, 1.54) is 6.07 Å². The number of benzene rings is 2. The summed E-state index contributed by atoms with van der Waals surface area (Å²) in [7, 11) is 0. The van der Waals surface area contributed by atoms with Gasteiger partial charge in [0.2, 0.25) is 0 Å². The molecule has 0 bridgehead atoms. The van der Waals surface area contributed by atoms with Gasteiger partial charge in [0, 0.05) is 6.54 Å². The number of amides is 1. The summed E-state index contributed by atoms with van der Waals surface area (Å²) in [4.78, 5) is 12.3. The van der Waals surface area contributed by atoms with Crippen LogP contribution >= 0.6 is 34.8 Å². The Kier molecular flexibility index (Phi) is 4.94. The predicted molar refractivity (Wildman–Crippen MR) is 91.7 cm³/mol. The van der Waals surface area contributed by atoms with Gasteiger partial charge >= 0.3 is 0 Å². The molecule has 5 nitrogen and oxygen atoms in total. The van der Waals surface area contributed by atoms with E-state index in [4.69, 9.17) is 44.3 Å². The number of ether oxygens (including phenoxy) is 2. The summed E-state index contributed by atoms with van der Waals surface area (Å²) in [5.74, 6) is 0.292. The van der Waals surface area contributed by atoms with Crippen molar-refractivity contribution >= 4 is 40.7 Å². The van der Waals surface area contributed by atoms with E-state index in [0.717, 1.165) is 5.56 Å². The number of phenols is 1. The fourth-order valence-electron chi connectivity index (χ4n) is 2.26. The maximum absolute atomic E-state index is 12.3. The fourth-order valence-corrected chi connectivity index (χ4v) is 2.95. The standard InChI is InChI=1S/C16H12Cl3NO4/c17-9-6-10(18)15(21)13(14(9)19)16(22)20-7-8-1-2-11-12(5-8)24-4-3-23-11/h1-2,5-6,21H,3-4,7H2,(H,20,22). The highest BCUT2D eigenvalue weighted by molar-refractivity contribution is 6.45. The van der Waals surface area contributed by atoms with Gasteiger partial charge in [0.15, 0.2) is 11.5 Å². The van der Waals surface area contributed by atoms with E-state index in [-0.39, 0.29) is 27.2 Å². The lowest BCUT2D eigenvalue weighted by Gasteiger charge is -2.19. The largest absolute Gasteiger partial charge is 0.505 e. The third-order valence-corrected chi connectivity index (χ3v) is 4.51. The molecule has 1 amide bonds. The molecule has 0 saturated carbocycles. The zero-order valence-electron chi connectivity index (χ0n) is 12.2. The molecule has 1 heterocycles. The van der Waals surface area contributed by atoms with Crippen molar-refractivity contribution in [2.45, 2.75) is 6.54 Å². The van der Waals surface area contributed by atoms with Crippen molar-refractivity contribution in [3.8, 4) is 17.2 Å². The summed E-state index contributed by atoms with van der Waals surface area (Å²) in [6.45, 7) is 1.19. The van der Waals surface area contributed by atoms with Crippen LogP contribution in [0.15, 0.2) is 24.3 Å². The van der Waals surface area contributed by atoms with Crippen molar-refractivity contribution in [3.63, 3.8) is 0 Å². The van der Waals surface area contributed by atoms with Crippen molar-refractivity contribution < 1.29 is 19.4 Å². The Morgan fingerprint density at radius 1 is 1.08 bits per heavy atom. The molecule has 0 spiro atoms. The Balaban J connectivity index is 1.77. The zero-order valence-corrected chi connectivity index (χ0v) is 14.5. The zero-order chi connectivity index (χ0) is 17.3. The minimum atomic E-state index is -0.586. The van der Waals surface area contributed by atoms with E-state index >= 15 is 0 Å². The van der Waals surface area contributed by atoms with Crippen molar-refractivity contribution in [2.75, 3.05) is 13.2 Å². The van der Waals surface area contributed by atoms with Crippen LogP contribution < -0.4 is 14.8 Å². The second-order valence-corrected chi connectivity index (χ2v) is 6.23. The maximum Gasteiger partial charge on any atom is 0.256 e. The SMILES string of the molecule is O=C(NCc1ccc2c(c1)OCCO2)c1c(O)c(Cl)cc(Cl)c1Cl. The molecule has 2 aromatic rings. The Hall–Kier alpha value is -1.82. The second-order valence-electron chi connectivity index (χ2n) is 5.04. The first kappa shape index (κ1) is 17.0. The molecule has 0 unspecified atom stereocenters. The van der Waals surface area contributed by atoms with Crippen LogP contribution in [0, 0.1) is 0 Å². The van der Waals surface area contributed by atoms with Gasteiger partial charge < -0.3 is 19.9 Å². The number of carbonyl (C=O) groups is 1. The third kappa shape index (κ3) is 3.34. The number of phenolic OH excluding ortho intramolecular Hbond substituents is 1. The minimum Gasteiger partial charge on any atom is -0.505 e. The van der Waals surface area contributed by atoms with Gasteiger partial charge in [-0.05, 0) is 23.8 Å². The van der Waals surface area contributed by atoms with E-state index in [9.17, 15) is 9.90 Å². The number of aromatic hydroxyl groups is 1. The van der Waals surface area contributed by atoms with E-state index < -0.39 is 11.7 Å². The Bertz CT molecular complexity index is 784. The first-order chi connectivity index (χ1) is 11.5. The number of nitrogens with one attached hydrogen (secondary N) is 1. The quantitative estimate of drug-likeness (QED) is 0.778. The molecule has 126 valence electrons. The average molecular weight is 389 g/mol. The number of hydrogen-bond acceptors (Lipinski definition) is 4. The van der Waals surface area contributed by atoms with Crippen molar-refractivity contribution in [2.24, 2.45) is 0 Å². The van der Waals surface area contributed by atoms with Gasteiger partial charge in [0.05, 0.1) is 15.1 Å². The predicted octanol–water partition coefficient (Wildman–Crippen LogP) is 4.05. The van der Waals surface area contributed by atoms with Gasteiger partial charge in [0.1, 0.15) is 24.5 Å². The monoisotopic (exact) mass is 387 g/mol. The molecule has 0 aliphatic carbocycles. The van der Waals surface area contributed by atoms with Crippen LogP contribution in [0.2, 0.25) is 15.1 Å². The van der Waals surface area contributed by atoms with Crippen molar-refractivity contribution in [1.82, 2.24) is 5.32 Å². The van der Waals surface area contributed by atoms with E-state index in [1.54, 1.807) is 18.2 Å². The highest BCUT2D eigenvalue weighted by atomic mass is 35.5. The minimum absolute atomic E-state index is 0.0473. The molecule has 8 heteroatoms. The second kappa shape index (κ2) is 6.97. The number of carbonyl (C=O) groups excluding carboxylic acids is 1. The smallest absolute Gasteiger partial charge is 0.256 e. The molecule has 1 aliphatic rings. The number of fused-ring (bicyclic) bond motifs is 1. The van der Waals surface area contributed by atoms with E-state index in [1.807, 2.05) is 0 Å². The molecular weight excluding hydrogens is 377 g/mol. The van der Waals surface area contributed by atoms with Crippen LogP contribution in [0.25, 0.3) is 0 Å². The van der Waals surface area contributed by atoms with Gasteiger partial charge in [-0.1, -0.05) is 40.9 Å². The third-order valence-electron chi connectivity index (χ3n) is 3.43. The molecule has 0 saturated heterocycles. The Labute approximate surface area is 153 Å². The van der Waals surface area contributed by atoms with Gasteiger partial charge in [-0.2, -0.15) is 0 Å². The van der Waals surface area contributed by atoms with Crippen molar-refractivity contribution in [3.05, 3.63) is 50.5 Å². The van der Waals surface area contributed by atoms with E-state index in [0.29, 0.717) is 24.7 Å². The normalized spacial score (nSPS) is 12.8. The summed E-state index contributed by atoms with van der Waals surface area (Å²) in [5, 5.41) is 12.6.